The Bertz CT molecular complexity index is 660. The maximum absolute atomic E-state index is 12.9. The highest BCUT2D eigenvalue weighted by atomic mass is 16.6. The van der Waals surface area contributed by atoms with Crippen molar-refractivity contribution in [1.29, 1.82) is 0 Å². The van der Waals surface area contributed by atoms with Crippen LogP contribution in [-0.4, -0.2) is 17.9 Å². The summed E-state index contributed by atoms with van der Waals surface area (Å²) in [5.41, 5.74) is 0.349. The van der Waals surface area contributed by atoms with E-state index in [1.807, 2.05) is 0 Å². The number of hydrogen-bond acceptors (Lipinski definition) is 4. The highest BCUT2D eigenvalue weighted by Crippen LogP contribution is 2.56. The van der Waals surface area contributed by atoms with E-state index in [-0.39, 0.29) is 17.5 Å². The summed E-state index contributed by atoms with van der Waals surface area (Å²) >= 11 is 0. The molecule has 0 aromatic heterocycles. The smallest absolute Gasteiger partial charge is 0.271 e. The number of anilines is 1. The summed E-state index contributed by atoms with van der Waals surface area (Å²) < 4.78 is 5.25. The van der Waals surface area contributed by atoms with Crippen LogP contribution in [0.4, 0.5) is 11.4 Å². The van der Waals surface area contributed by atoms with Gasteiger partial charge in [0.2, 0.25) is 5.91 Å². The molecule has 4 bridgehead atoms. The van der Waals surface area contributed by atoms with E-state index in [4.69, 9.17) is 4.74 Å². The molecule has 4 aliphatic rings. The van der Waals surface area contributed by atoms with Gasteiger partial charge in [-0.25, -0.2) is 0 Å². The highest BCUT2D eigenvalue weighted by Gasteiger charge is 2.50. The Kier molecular flexibility index (Phi) is 3.70. The number of benzene rings is 1. The molecule has 128 valence electrons. The minimum Gasteiger partial charge on any atom is -0.495 e. The van der Waals surface area contributed by atoms with Gasteiger partial charge < -0.3 is 10.1 Å². The van der Waals surface area contributed by atoms with Crippen LogP contribution >= 0.6 is 0 Å². The van der Waals surface area contributed by atoms with E-state index >= 15 is 0 Å². The maximum atomic E-state index is 12.9. The van der Waals surface area contributed by atoms with E-state index in [2.05, 4.69) is 5.32 Å². The Morgan fingerprint density at radius 3 is 2.33 bits per heavy atom. The van der Waals surface area contributed by atoms with E-state index in [0.717, 1.165) is 37.5 Å². The lowest BCUT2D eigenvalue weighted by Crippen LogP contribution is -2.49. The van der Waals surface area contributed by atoms with Crippen LogP contribution in [0.5, 0.6) is 5.75 Å². The molecule has 0 radical (unpaired) electrons. The third-order valence-electron chi connectivity index (χ3n) is 6.18. The van der Waals surface area contributed by atoms with Gasteiger partial charge in [0.05, 0.1) is 17.7 Å². The lowest BCUT2D eigenvalue weighted by atomic mass is 9.51. The lowest BCUT2D eigenvalue weighted by Gasteiger charge is -2.53. The summed E-state index contributed by atoms with van der Waals surface area (Å²) in [6, 6.07) is 4.30. The zero-order chi connectivity index (χ0) is 16.8. The molecule has 0 aliphatic heterocycles. The lowest BCUT2D eigenvalue weighted by molar-refractivity contribution is -0.384. The molecule has 24 heavy (non-hydrogen) atoms. The number of nitrogens with zero attached hydrogens (tertiary/aromatic N) is 1. The van der Waals surface area contributed by atoms with Crippen molar-refractivity contribution < 1.29 is 14.5 Å². The topological polar surface area (TPSA) is 81.5 Å². The third kappa shape index (κ3) is 2.54. The molecule has 1 amide bonds. The average Bonchev–Trinajstić information content (AvgIpc) is 2.53. The van der Waals surface area contributed by atoms with Crippen molar-refractivity contribution in [3.63, 3.8) is 0 Å². The average molecular weight is 330 g/mol. The summed E-state index contributed by atoms with van der Waals surface area (Å²) in [4.78, 5) is 23.4. The summed E-state index contributed by atoms with van der Waals surface area (Å²) in [7, 11) is 1.50. The maximum Gasteiger partial charge on any atom is 0.271 e. The van der Waals surface area contributed by atoms with Crippen LogP contribution in [-0.2, 0) is 4.79 Å². The Labute approximate surface area is 140 Å². The zero-order valence-corrected chi connectivity index (χ0v) is 13.7. The molecule has 5 rings (SSSR count). The number of nitrogens with one attached hydrogen (secondary N) is 1. The number of nitro groups is 1. The van der Waals surface area contributed by atoms with E-state index in [1.54, 1.807) is 0 Å². The monoisotopic (exact) mass is 330 g/mol. The van der Waals surface area contributed by atoms with Gasteiger partial charge in [-0.05, 0) is 61.8 Å². The first-order chi connectivity index (χ1) is 11.5. The number of hydrogen-bond donors (Lipinski definition) is 1. The zero-order valence-electron chi connectivity index (χ0n) is 13.7. The molecule has 4 fully saturated rings. The molecule has 1 aromatic carbocycles. The van der Waals surface area contributed by atoms with Crippen LogP contribution in [0.1, 0.15) is 32.1 Å². The fraction of sp³-hybridized carbons (Fsp3) is 0.611. The SMILES string of the molecule is COc1ccc([N+](=O)[O-])cc1NC(=O)C1C2CC3CC(C2)CC1C3. The molecule has 6 heteroatoms. The normalized spacial score (nSPS) is 33.3. The van der Waals surface area contributed by atoms with Crippen LogP contribution in [0.2, 0.25) is 0 Å². The van der Waals surface area contributed by atoms with Crippen LogP contribution in [0.3, 0.4) is 0 Å². The Morgan fingerprint density at radius 2 is 1.79 bits per heavy atom. The largest absolute Gasteiger partial charge is 0.495 e. The van der Waals surface area contributed by atoms with Crippen LogP contribution in [0.25, 0.3) is 0 Å². The van der Waals surface area contributed by atoms with Crippen LogP contribution < -0.4 is 10.1 Å². The van der Waals surface area contributed by atoms with Gasteiger partial charge >= 0.3 is 0 Å². The quantitative estimate of drug-likeness (QED) is 0.675. The molecule has 6 nitrogen and oxygen atoms in total. The molecule has 4 aliphatic carbocycles. The van der Waals surface area contributed by atoms with Gasteiger partial charge in [-0.3, -0.25) is 14.9 Å². The van der Waals surface area contributed by atoms with Crippen LogP contribution in [0, 0.1) is 39.7 Å². The van der Waals surface area contributed by atoms with E-state index < -0.39 is 4.92 Å². The number of methoxy groups -OCH3 is 1. The molecule has 4 saturated carbocycles. The van der Waals surface area contributed by atoms with Crippen molar-refractivity contribution >= 4 is 17.3 Å². The number of amides is 1. The van der Waals surface area contributed by atoms with Gasteiger partial charge in [0.1, 0.15) is 5.75 Å². The predicted octanol–water partition coefficient (Wildman–Crippen LogP) is 3.61. The first-order valence-corrected chi connectivity index (χ1v) is 8.68. The second kappa shape index (κ2) is 5.76. The summed E-state index contributed by atoms with van der Waals surface area (Å²) in [5, 5.41) is 13.9. The highest BCUT2D eigenvalue weighted by molar-refractivity contribution is 5.95. The molecule has 1 aromatic rings. The van der Waals surface area contributed by atoms with Gasteiger partial charge in [0.25, 0.3) is 5.69 Å². The number of non-ortho nitro benzene ring substituents is 1. The second-order valence-corrected chi connectivity index (χ2v) is 7.59. The Morgan fingerprint density at radius 1 is 1.17 bits per heavy atom. The molecule has 0 heterocycles. The molecule has 0 spiro atoms. The minimum absolute atomic E-state index is 0.00241. The fourth-order valence-corrected chi connectivity index (χ4v) is 5.48. The van der Waals surface area contributed by atoms with Crippen molar-refractivity contribution in [3.8, 4) is 5.75 Å². The molecule has 1 N–H and O–H groups in total. The summed E-state index contributed by atoms with van der Waals surface area (Å²) in [5.74, 6) is 3.08. The molecular formula is C18H22N2O4. The Hall–Kier alpha value is -2.11. The van der Waals surface area contributed by atoms with Gasteiger partial charge in [-0.15, -0.1) is 0 Å². The number of carbonyl (C=O) groups is 1. The summed E-state index contributed by atoms with van der Waals surface area (Å²) in [6.07, 6.45) is 6.00. The molecular weight excluding hydrogens is 308 g/mol. The molecule has 0 unspecified atom stereocenters. The molecule has 0 atom stereocenters. The molecule has 0 saturated heterocycles. The predicted molar refractivity (Wildman–Crippen MR) is 88.8 cm³/mol. The van der Waals surface area contributed by atoms with Crippen molar-refractivity contribution in [2.75, 3.05) is 12.4 Å². The minimum atomic E-state index is -0.460. The standard InChI is InChI=1S/C18H22N2O4/c1-24-16-3-2-14(20(22)23)9-15(16)19-18(21)17-12-5-10-4-11(7-12)8-13(17)6-10/h2-3,9-13,17H,4-8H2,1H3,(H,19,21). The van der Waals surface area contributed by atoms with Crippen molar-refractivity contribution in [3.05, 3.63) is 28.3 Å². The summed E-state index contributed by atoms with van der Waals surface area (Å²) in [6.45, 7) is 0. The van der Waals surface area contributed by atoms with Gasteiger partial charge in [-0.2, -0.15) is 0 Å². The number of nitro benzene ring substituents is 1. The van der Waals surface area contributed by atoms with Gasteiger partial charge in [-0.1, -0.05) is 0 Å². The first kappa shape index (κ1) is 15.4. The van der Waals surface area contributed by atoms with Gasteiger partial charge in [0.15, 0.2) is 0 Å². The second-order valence-electron chi connectivity index (χ2n) is 7.59. The van der Waals surface area contributed by atoms with Crippen molar-refractivity contribution in [2.24, 2.45) is 29.6 Å². The fourth-order valence-electron chi connectivity index (χ4n) is 5.48. The van der Waals surface area contributed by atoms with E-state index in [9.17, 15) is 14.9 Å². The number of ether oxygens (including phenoxy) is 1. The Balaban J connectivity index is 1.56. The van der Waals surface area contributed by atoms with Crippen molar-refractivity contribution in [2.45, 2.75) is 32.1 Å². The van der Waals surface area contributed by atoms with Crippen molar-refractivity contribution in [1.82, 2.24) is 0 Å². The van der Waals surface area contributed by atoms with Crippen LogP contribution in [0.15, 0.2) is 18.2 Å². The third-order valence-corrected chi connectivity index (χ3v) is 6.18. The van der Waals surface area contributed by atoms with Gasteiger partial charge in [0, 0.05) is 18.1 Å². The van der Waals surface area contributed by atoms with E-state index in [0.29, 0.717) is 23.3 Å². The van der Waals surface area contributed by atoms with E-state index in [1.165, 1.54) is 31.7 Å². The first-order valence-electron chi connectivity index (χ1n) is 8.68. The number of carbonyl (C=O) groups excluding carboxylic acids is 1. The number of rotatable bonds is 4.